The minimum absolute atomic E-state index is 0.207. The number of hydrogen-bond donors (Lipinski definition) is 0. The molecule has 1 heteroatoms. The second-order valence-electron chi connectivity index (χ2n) is 10.8. The standard InChI is InChI=1S/C30H25Cl/c31-25-6-5-21-14-27-26-13-19-3-1-2-4-20(19)15-28(26)30(29(27)16-22(21)12-25)23-8-17-7-18(10-23)11-24(30)9-17/h1-6,12-18,23-24H,7-11H2. The molecule has 0 radical (unpaired) electrons. The Morgan fingerprint density at radius 1 is 0.581 bits per heavy atom. The van der Waals surface area contributed by atoms with Gasteiger partial charge in [-0.25, -0.2) is 0 Å². The molecular weight excluding hydrogens is 396 g/mol. The largest absolute Gasteiger partial charge is 0.0843 e. The Morgan fingerprint density at radius 2 is 1.13 bits per heavy atom. The van der Waals surface area contributed by atoms with Gasteiger partial charge in [0.1, 0.15) is 0 Å². The maximum atomic E-state index is 6.43. The van der Waals surface area contributed by atoms with E-state index < -0.39 is 0 Å². The van der Waals surface area contributed by atoms with E-state index in [1.54, 1.807) is 11.1 Å². The Labute approximate surface area is 188 Å². The van der Waals surface area contributed by atoms with Gasteiger partial charge in [0.25, 0.3) is 0 Å². The van der Waals surface area contributed by atoms with E-state index in [0.29, 0.717) is 0 Å². The van der Waals surface area contributed by atoms with Crippen molar-refractivity contribution in [3.8, 4) is 11.1 Å². The summed E-state index contributed by atoms with van der Waals surface area (Å²) in [4.78, 5) is 0. The Kier molecular flexibility index (Phi) is 3.19. The van der Waals surface area contributed by atoms with Gasteiger partial charge in [-0.05, 0) is 136 Å². The Balaban J connectivity index is 1.51. The molecule has 152 valence electrons. The van der Waals surface area contributed by atoms with Crippen molar-refractivity contribution in [2.24, 2.45) is 23.7 Å². The van der Waals surface area contributed by atoms with Crippen molar-refractivity contribution < 1.29 is 0 Å². The predicted molar refractivity (Wildman–Crippen MR) is 130 cm³/mol. The topological polar surface area (TPSA) is 0 Å². The minimum Gasteiger partial charge on any atom is -0.0843 e. The molecule has 0 unspecified atom stereocenters. The van der Waals surface area contributed by atoms with Gasteiger partial charge in [-0.2, -0.15) is 0 Å². The first-order chi connectivity index (χ1) is 15.2. The smallest absolute Gasteiger partial charge is 0.0412 e. The SMILES string of the molecule is Clc1ccc2cc3c(cc2c1)C1(c2cc4ccccc4cc2-3)C2CC3CC(C2)CC1C3. The molecule has 0 nitrogen and oxygen atoms in total. The first-order valence-electron chi connectivity index (χ1n) is 12.0. The molecule has 4 aromatic carbocycles. The van der Waals surface area contributed by atoms with Gasteiger partial charge in [0.2, 0.25) is 0 Å². The third-order valence-electron chi connectivity index (χ3n) is 9.43. The van der Waals surface area contributed by atoms with Gasteiger partial charge in [0, 0.05) is 10.4 Å². The minimum atomic E-state index is 0.207. The average molecular weight is 421 g/mol. The van der Waals surface area contributed by atoms with Crippen LogP contribution in [0.15, 0.2) is 66.7 Å². The highest BCUT2D eigenvalue weighted by atomic mass is 35.5. The lowest BCUT2D eigenvalue weighted by atomic mass is 9.43. The van der Waals surface area contributed by atoms with E-state index >= 15 is 0 Å². The van der Waals surface area contributed by atoms with E-state index in [2.05, 4.69) is 60.7 Å². The van der Waals surface area contributed by atoms with E-state index in [9.17, 15) is 0 Å². The van der Waals surface area contributed by atoms with E-state index in [4.69, 9.17) is 11.6 Å². The normalized spacial score (nSPS) is 32.2. The molecule has 31 heavy (non-hydrogen) atoms. The summed E-state index contributed by atoms with van der Waals surface area (Å²) in [5.41, 5.74) is 6.44. The van der Waals surface area contributed by atoms with Gasteiger partial charge in [-0.3, -0.25) is 0 Å². The molecule has 0 N–H and O–H groups in total. The Hall–Kier alpha value is -2.31. The van der Waals surface area contributed by atoms with Gasteiger partial charge in [0.15, 0.2) is 0 Å². The quantitative estimate of drug-likeness (QED) is 0.268. The molecule has 0 aromatic heterocycles. The van der Waals surface area contributed by atoms with Crippen molar-refractivity contribution >= 4 is 33.1 Å². The average Bonchev–Trinajstić information content (AvgIpc) is 3.03. The summed E-state index contributed by atoms with van der Waals surface area (Å²) >= 11 is 6.43. The molecule has 0 atom stereocenters. The molecule has 0 aliphatic heterocycles. The summed E-state index contributed by atoms with van der Waals surface area (Å²) in [5.74, 6) is 3.52. The van der Waals surface area contributed by atoms with Gasteiger partial charge in [-0.15, -0.1) is 0 Å². The lowest BCUT2D eigenvalue weighted by Crippen LogP contribution is -2.55. The van der Waals surface area contributed by atoms with Gasteiger partial charge >= 0.3 is 0 Å². The molecular formula is C30H25Cl. The molecule has 0 saturated heterocycles. The number of rotatable bonds is 0. The van der Waals surface area contributed by atoms with Crippen molar-refractivity contribution in [2.75, 3.05) is 0 Å². The summed E-state index contributed by atoms with van der Waals surface area (Å²) in [6.07, 6.45) is 7.19. The third kappa shape index (κ3) is 2.08. The van der Waals surface area contributed by atoms with Crippen LogP contribution in [0.3, 0.4) is 0 Å². The van der Waals surface area contributed by atoms with Gasteiger partial charge < -0.3 is 0 Å². The van der Waals surface area contributed by atoms with E-state index in [1.807, 2.05) is 6.07 Å². The lowest BCUT2D eigenvalue weighted by molar-refractivity contribution is -0.0398. The fourth-order valence-electron chi connectivity index (χ4n) is 8.59. The van der Waals surface area contributed by atoms with E-state index in [1.165, 1.54) is 64.8 Å². The van der Waals surface area contributed by atoms with Crippen LogP contribution in [0.5, 0.6) is 0 Å². The van der Waals surface area contributed by atoms with E-state index in [-0.39, 0.29) is 5.41 Å². The maximum Gasteiger partial charge on any atom is 0.0412 e. The van der Waals surface area contributed by atoms with Crippen LogP contribution in [0.2, 0.25) is 5.02 Å². The van der Waals surface area contributed by atoms with Gasteiger partial charge in [0.05, 0.1) is 0 Å². The van der Waals surface area contributed by atoms with Crippen LogP contribution >= 0.6 is 11.6 Å². The summed E-state index contributed by atoms with van der Waals surface area (Å²) in [6.45, 7) is 0. The molecule has 0 heterocycles. The first kappa shape index (κ1) is 17.3. The van der Waals surface area contributed by atoms with Crippen LogP contribution in [0.25, 0.3) is 32.7 Å². The van der Waals surface area contributed by atoms with E-state index in [0.717, 1.165) is 28.7 Å². The molecule has 9 rings (SSSR count). The number of halogens is 1. The van der Waals surface area contributed by atoms with Crippen molar-refractivity contribution in [2.45, 2.75) is 37.5 Å². The van der Waals surface area contributed by atoms with Crippen LogP contribution in [0.4, 0.5) is 0 Å². The second-order valence-corrected chi connectivity index (χ2v) is 11.2. The fraction of sp³-hybridized carbons (Fsp3) is 0.333. The van der Waals surface area contributed by atoms with Crippen molar-refractivity contribution in [1.82, 2.24) is 0 Å². The third-order valence-corrected chi connectivity index (χ3v) is 9.67. The molecule has 5 aliphatic carbocycles. The van der Waals surface area contributed by atoms with Crippen molar-refractivity contribution in [3.05, 3.63) is 82.9 Å². The lowest BCUT2D eigenvalue weighted by Gasteiger charge is -2.61. The first-order valence-corrected chi connectivity index (χ1v) is 12.4. The van der Waals surface area contributed by atoms with Crippen molar-refractivity contribution in [3.63, 3.8) is 0 Å². The number of benzene rings is 4. The molecule has 1 spiro atoms. The zero-order valence-electron chi connectivity index (χ0n) is 17.6. The molecule has 4 fully saturated rings. The molecule has 5 aliphatic rings. The fourth-order valence-corrected chi connectivity index (χ4v) is 8.77. The number of fused-ring (bicyclic) bond motifs is 5. The summed E-state index contributed by atoms with van der Waals surface area (Å²) in [7, 11) is 0. The van der Waals surface area contributed by atoms with Crippen LogP contribution in [-0.2, 0) is 5.41 Å². The second kappa shape index (κ2) is 5.73. The van der Waals surface area contributed by atoms with Crippen LogP contribution < -0.4 is 0 Å². The highest BCUT2D eigenvalue weighted by Crippen LogP contribution is 2.69. The monoisotopic (exact) mass is 420 g/mol. The molecule has 4 aromatic rings. The van der Waals surface area contributed by atoms with Gasteiger partial charge in [-0.1, -0.05) is 41.9 Å². The van der Waals surface area contributed by atoms with Crippen LogP contribution in [0.1, 0.15) is 43.2 Å². The predicted octanol–water partition coefficient (Wildman–Crippen LogP) is 8.37. The highest BCUT2D eigenvalue weighted by Gasteiger charge is 2.61. The van der Waals surface area contributed by atoms with Crippen LogP contribution in [0, 0.1) is 23.7 Å². The zero-order chi connectivity index (χ0) is 20.3. The zero-order valence-corrected chi connectivity index (χ0v) is 18.3. The highest BCUT2D eigenvalue weighted by molar-refractivity contribution is 6.31. The summed E-state index contributed by atoms with van der Waals surface area (Å²) in [5, 5.41) is 6.21. The maximum absolute atomic E-state index is 6.43. The summed E-state index contributed by atoms with van der Waals surface area (Å²) in [6, 6.07) is 25.4. The van der Waals surface area contributed by atoms with Crippen LogP contribution in [-0.4, -0.2) is 0 Å². The Bertz CT molecular complexity index is 1380. The summed E-state index contributed by atoms with van der Waals surface area (Å²) < 4.78 is 0. The molecule has 0 amide bonds. The Morgan fingerprint density at radius 3 is 1.77 bits per heavy atom. The molecule has 4 bridgehead atoms. The van der Waals surface area contributed by atoms with Crippen molar-refractivity contribution in [1.29, 1.82) is 0 Å². The number of hydrogen-bond acceptors (Lipinski definition) is 0. The molecule has 4 saturated carbocycles.